The lowest BCUT2D eigenvalue weighted by molar-refractivity contribution is 0.600. The summed E-state index contributed by atoms with van der Waals surface area (Å²) in [6.07, 6.45) is 0. The molecular formula is C19H17BrN4O2S. The van der Waals surface area contributed by atoms with Gasteiger partial charge < -0.3 is 0 Å². The van der Waals surface area contributed by atoms with Crippen LogP contribution in [0.25, 0.3) is 21.9 Å². The van der Waals surface area contributed by atoms with Crippen LogP contribution in [0.2, 0.25) is 0 Å². The lowest BCUT2D eigenvalue weighted by atomic mass is 10.1. The summed E-state index contributed by atoms with van der Waals surface area (Å²) in [5.41, 5.74) is 2.62. The Morgan fingerprint density at radius 1 is 1.15 bits per heavy atom. The molecule has 8 heteroatoms. The Morgan fingerprint density at radius 2 is 1.89 bits per heavy atom. The van der Waals surface area contributed by atoms with Crippen LogP contribution in [0, 0.1) is 6.92 Å². The zero-order valence-corrected chi connectivity index (χ0v) is 17.2. The highest BCUT2D eigenvalue weighted by molar-refractivity contribution is 9.10. The third-order valence-corrected chi connectivity index (χ3v) is 6.29. The van der Waals surface area contributed by atoms with Crippen molar-refractivity contribution in [3.63, 3.8) is 0 Å². The predicted molar refractivity (Wildman–Crippen MR) is 110 cm³/mol. The summed E-state index contributed by atoms with van der Waals surface area (Å²) in [6, 6.07) is 14.3. The lowest BCUT2D eigenvalue weighted by Gasteiger charge is -2.06. The average molecular weight is 445 g/mol. The van der Waals surface area contributed by atoms with Crippen molar-refractivity contribution in [3.8, 4) is 0 Å². The van der Waals surface area contributed by atoms with E-state index >= 15 is 0 Å². The van der Waals surface area contributed by atoms with Crippen molar-refractivity contribution in [3.05, 3.63) is 58.6 Å². The van der Waals surface area contributed by atoms with E-state index < -0.39 is 10.0 Å². The molecule has 2 aromatic heterocycles. The average Bonchev–Trinajstić information content (AvgIpc) is 2.97. The van der Waals surface area contributed by atoms with Crippen molar-refractivity contribution in [2.45, 2.75) is 25.3 Å². The fourth-order valence-corrected chi connectivity index (χ4v) is 4.31. The van der Waals surface area contributed by atoms with Crippen LogP contribution in [0.5, 0.6) is 0 Å². The molecule has 0 aliphatic carbocycles. The summed E-state index contributed by atoms with van der Waals surface area (Å²) in [4.78, 5) is 4.92. The number of sulfonamides is 1. The Kier molecular flexibility index (Phi) is 4.39. The molecule has 0 bridgehead atoms. The van der Waals surface area contributed by atoms with Crippen molar-refractivity contribution in [1.29, 1.82) is 0 Å². The molecule has 0 saturated carbocycles. The third-order valence-electron chi connectivity index (χ3n) is 4.40. The first-order chi connectivity index (χ1) is 12.9. The van der Waals surface area contributed by atoms with Crippen LogP contribution in [0.15, 0.2) is 57.9 Å². The summed E-state index contributed by atoms with van der Waals surface area (Å²) in [5, 5.41) is 6.07. The number of rotatable bonds is 4. The Hall–Kier alpha value is -2.45. The highest BCUT2D eigenvalue weighted by Gasteiger charge is 2.20. The van der Waals surface area contributed by atoms with Gasteiger partial charge in [-0.1, -0.05) is 34.1 Å². The smallest absolute Gasteiger partial charge is 0.261 e. The Morgan fingerprint density at radius 3 is 2.59 bits per heavy atom. The largest absolute Gasteiger partial charge is 0.263 e. The van der Waals surface area contributed by atoms with Crippen LogP contribution in [0.4, 0.5) is 5.82 Å². The van der Waals surface area contributed by atoms with Gasteiger partial charge in [0.2, 0.25) is 0 Å². The number of aromatic nitrogens is 3. The minimum absolute atomic E-state index is 0.175. The van der Waals surface area contributed by atoms with Gasteiger partial charge in [0.1, 0.15) is 0 Å². The van der Waals surface area contributed by atoms with E-state index in [1.165, 1.54) is 0 Å². The van der Waals surface area contributed by atoms with Gasteiger partial charge in [0, 0.05) is 16.4 Å². The van der Waals surface area contributed by atoms with Gasteiger partial charge in [-0.25, -0.2) is 18.1 Å². The Bertz CT molecular complexity index is 1260. The molecule has 4 aromatic rings. The highest BCUT2D eigenvalue weighted by Crippen LogP contribution is 2.29. The van der Waals surface area contributed by atoms with Crippen molar-refractivity contribution >= 4 is 53.7 Å². The summed E-state index contributed by atoms with van der Waals surface area (Å²) in [6.45, 7) is 4.54. The zero-order valence-electron chi connectivity index (χ0n) is 14.8. The Labute approximate surface area is 165 Å². The van der Waals surface area contributed by atoms with Crippen LogP contribution in [-0.4, -0.2) is 23.2 Å². The number of aryl methyl sites for hydroxylation is 2. The maximum Gasteiger partial charge on any atom is 0.263 e. The number of nitrogens with zero attached hydrogens (tertiary/aromatic N) is 3. The molecule has 1 N–H and O–H groups in total. The maximum atomic E-state index is 12.8. The number of hydrogen-bond donors (Lipinski definition) is 1. The van der Waals surface area contributed by atoms with Crippen molar-refractivity contribution in [2.75, 3.05) is 4.72 Å². The topological polar surface area (TPSA) is 76.9 Å². The van der Waals surface area contributed by atoms with Gasteiger partial charge in [0.05, 0.1) is 15.8 Å². The molecule has 2 heterocycles. The molecule has 2 aromatic carbocycles. The second kappa shape index (κ2) is 6.61. The predicted octanol–water partition coefficient (Wildman–Crippen LogP) is 4.48. The zero-order chi connectivity index (χ0) is 19.2. The van der Waals surface area contributed by atoms with E-state index in [9.17, 15) is 8.42 Å². The van der Waals surface area contributed by atoms with E-state index in [4.69, 9.17) is 4.98 Å². The standard InChI is InChI=1S/C19H17BrN4O2S/c1-3-24-19-16(11-13-6-4-5-12(2)17(13)21-19)18(22-24)23-27(25,26)15-9-7-14(20)8-10-15/h4-11H,3H2,1-2H3,(H,22,23). The number of benzene rings is 2. The number of pyridine rings is 1. The van der Waals surface area contributed by atoms with Crippen molar-refractivity contribution in [1.82, 2.24) is 14.8 Å². The van der Waals surface area contributed by atoms with E-state index in [0.29, 0.717) is 17.6 Å². The second-order valence-corrected chi connectivity index (χ2v) is 8.83. The number of nitrogens with one attached hydrogen (secondary N) is 1. The molecule has 0 aliphatic heterocycles. The molecule has 6 nitrogen and oxygen atoms in total. The third kappa shape index (κ3) is 3.19. The minimum Gasteiger partial charge on any atom is -0.261 e. The van der Waals surface area contributed by atoms with Crippen LogP contribution in [0.3, 0.4) is 0 Å². The van der Waals surface area contributed by atoms with Crippen molar-refractivity contribution < 1.29 is 8.42 Å². The first-order valence-electron chi connectivity index (χ1n) is 8.44. The monoisotopic (exact) mass is 444 g/mol. The molecule has 0 radical (unpaired) electrons. The van der Waals surface area contributed by atoms with E-state index in [2.05, 4.69) is 25.8 Å². The highest BCUT2D eigenvalue weighted by atomic mass is 79.9. The van der Waals surface area contributed by atoms with Gasteiger partial charge in [-0.3, -0.25) is 4.72 Å². The normalized spacial score (nSPS) is 12.0. The summed E-state index contributed by atoms with van der Waals surface area (Å²) >= 11 is 3.31. The fourth-order valence-electron chi connectivity index (χ4n) is 3.03. The van der Waals surface area contributed by atoms with Crippen LogP contribution in [0.1, 0.15) is 12.5 Å². The number of para-hydroxylation sites is 1. The van der Waals surface area contributed by atoms with E-state index in [-0.39, 0.29) is 10.7 Å². The molecule has 0 aliphatic rings. The quantitative estimate of drug-likeness (QED) is 0.503. The summed E-state index contributed by atoms with van der Waals surface area (Å²) < 4.78 is 30.7. The summed E-state index contributed by atoms with van der Waals surface area (Å²) in [5.74, 6) is 0.283. The Balaban J connectivity index is 1.87. The van der Waals surface area contributed by atoms with Gasteiger partial charge in [0.25, 0.3) is 10.0 Å². The maximum absolute atomic E-state index is 12.8. The number of halogens is 1. The molecule has 0 saturated heterocycles. The molecule has 27 heavy (non-hydrogen) atoms. The molecule has 0 amide bonds. The SMILES string of the molecule is CCn1nc(NS(=O)(=O)c2ccc(Br)cc2)c2cc3cccc(C)c3nc21. The van der Waals surface area contributed by atoms with E-state index in [1.54, 1.807) is 28.9 Å². The van der Waals surface area contributed by atoms with Crippen LogP contribution in [-0.2, 0) is 16.6 Å². The molecular weight excluding hydrogens is 428 g/mol. The molecule has 0 atom stereocenters. The van der Waals surface area contributed by atoms with Crippen molar-refractivity contribution in [2.24, 2.45) is 0 Å². The lowest BCUT2D eigenvalue weighted by Crippen LogP contribution is -2.13. The van der Waals surface area contributed by atoms with E-state index in [1.807, 2.05) is 38.1 Å². The van der Waals surface area contributed by atoms with E-state index in [0.717, 1.165) is 20.9 Å². The molecule has 138 valence electrons. The van der Waals surface area contributed by atoms with Gasteiger partial charge in [0.15, 0.2) is 11.5 Å². The first-order valence-corrected chi connectivity index (χ1v) is 10.7. The molecule has 0 spiro atoms. The van der Waals surface area contributed by atoms with Gasteiger partial charge in [-0.05, 0) is 49.7 Å². The van der Waals surface area contributed by atoms with Gasteiger partial charge >= 0.3 is 0 Å². The van der Waals surface area contributed by atoms with Crippen LogP contribution < -0.4 is 4.72 Å². The fraction of sp³-hybridized carbons (Fsp3) is 0.158. The number of hydrogen-bond acceptors (Lipinski definition) is 4. The molecule has 4 rings (SSSR count). The first kappa shape index (κ1) is 17.9. The van der Waals surface area contributed by atoms with Crippen LogP contribution >= 0.6 is 15.9 Å². The van der Waals surface area contributed by atoms with Gasteiger partial charge in [-0.15, -0.1) is 0 Å². The van der Waals surface area contributed by atoms with Gasteiger partial charge in [-0.2, -0.15) is 5.10 Å². The number of anilines is 1. The summed E-state index contributed by atoms with van der Waals surface area (Å²) in [7, 11) is -3.75. The minimum atomic E-state index is -3.75. The second-order valence-electron chi connectivity index (χ2n) is 6.23. The molecule has 0 unspecified atom stereocenters. The number of fused-ring (bicyclic) bond motifs is 2. The molecule has 0 fully saturated rings.